The molecule has 7 heteroatoms. The van der Waals surface area contributed by atoms with Crippen molar-refractivity contribution in [3.63, 3.8) is 0 Å². The van der Waals surface area contributed by atoms with Gasteiger partial charge >= 0.3 is 0 Å². The van der Waals surface area contributed by atoms with E-state index in [1.807, 2.05) is 24.5 Å². The molecule has 3 aromatic rings. The predicted octanol–water partition coefficient (Wildman–Crippen LogP) is 3.68. The summed E-state index contributed by atoms with van der Waals surface area (Å²) in [6, 6.07) is 17.0. The van der Waals surface area contributed by atoms with Crippen LogP contribution in [0.3, 0.4) is 0 Å². The number of nitrogens with zero attached hydrogens (tertiary/aromatic N) is 2. The number of aromatic nitrogens is 1. The first-order valence-electron chi connectivity index (χ1n) is 10.3. The molecule has 2 fully saturated rings. The summed E-state index contributed by atoms with van der Waals surface area (Å²) in [6.45, 7) is 1.93. The number of likely N-dealkylation sites (tertiary alicyclic amines) is 1. The summed E-state index contributed by atoms with van der Waals surface area (Å²) in [4.78, 5) is 6.77. The van der Waals surface area contributed by atoms with Crippen molar-refractivity contribution >= 4 is 32.2 Å². The fourth-order valence-electron chi connectivity index (χ4n) is 5.10. The highest BCUT2D eigenvalue weighted by Gasteiger charge is 2.44. The Morgan fingerprint density at radius 3 is 2.83 bits per heavy atom. The highest BCUT2D eigenvalue weighted by atomic mass is 32.2. The zero-order valence-corrected chi connectivity index (χ0v) is 17.8. The lowest BCUT2D eigenvalue weighted by molar-refractivity contribution is 0.193. The van der Waals surface area contributed by atoms with Crippen LogP contribution in [0.4, 0.5) is 11.4 Å². The van der Waals surface area contributed by atoms with Crippen molar-refractivity contribution in [3.8, 4) is 0 Å². The van der Waals surface area contributed by atoms with E-state index in [0.717, 1.165) is 24.0 Å². The number of pyridine rings is 1. The zero-order valence-electron chi connectivity index (χ0n) is 17.0. The molecular weight excluding hydrogens is 396 g/mol. The molecule has 3 atom stereocenters. The lowest BCUT2D eigenvalue weighted by Crippen LogP contribution is -2.44. The molecule has 1 saturated carbocycles. The normalized spacial score (nSPS) is 23.7. The molecule has 2 aromatic carbocycles. The monoisotopic (exact) mass is 422 g/mol. The molecule has 30 heavy (non-hydrogen) atoms. The average molecular weight is 423 g/mol. The summed E-state index contributed by atoms with van der Waals surface area (Å²) in [5.74, 6) is 0.710. The van der Waals surface area contributed by atoms with Crippen LogP contribution in [0, 0.1) is 5.92 Å². The number of fused-ring (bicyclic) bond motifs is 3. The van der Waals surface area contributed by atoms with Crippen molar-refractivity contribution in [3.05, 3.63) is 66.5 Å². The molecule has 0 radical (unpaired) electrons. The van der Waals surface area contributed by atoms with Crippen LogP contribution in [-0.4, -0.2) is 43.2 Å². The minimum atomic E-state index is -3.27. The maximum absolute atomic E-state index is 11.5. The van der Waals surface area contributed by atoms with Gasteiger partial charge in [-0.25, -0.2) is 8.42 Å². The van der Waals surface area contributed by atoms with Crippen LogP contribution < -0.4 is 10.0 Å². The maximum Gasteiger partial charge on any atom is 0.229 e. The van der Waals surface area contributed by atoms with Gasteiger partial charge in [-0.15, -0.1) is 0 Å². The van der Waals surface area contributed by atoms with Gasteiger partial charge in [0.05, 0.1) is 6.26 Å². The number of nitrogens with one attached hydrogen (secondary N) is 2. The molecule has 1 saturated heterocycles. The van der Waals surface area contributed by atoms with Crippen molar-refractivity contribution in [1.82, 2.24) is 9.88 Å². The first-order chi connectivity index (χ1) is 14.4. The fraction of sp³-hybridized carbons (Fsp3) is 0.348. The van der Waals surface area contributed by atoms with Gasteiger partial charge in [-0.05, 0) is 48.6 Å². The number of piperidine rings is 1. The van der Waals surface area contributed by atoms with Gasteiger partial charge in [0, 0.05) is 59.7 Å². The summed E-state index contributed by atoms with van der Waals surface area (Å²) in [7, 11) is -3.27. The molecule has 2 aliphatic rings. The molecular formula is C23H26N4O2S. The van der Waals surface area contributed by atoms with Crippen LogP contribution in [0.15, 0.2) is 60.9 Å². The van der Waals surface area contributed by atoms with E-state index in [0.29, 0.717) is 23.7 Å². The van der Waals surface area contributed by atoms with E-state index in [4.69, 9.17) is 0 Å². The number of sulfonamides is 1. The number of rotatable bonds is 6. The lowest BCUT2D eigenvalue weighted by Gasteiger charge is -2.34. The standard InChI is InChI=1S/C23H26N4O2S/c1-30(28,29)26-19-6-2-4-16(10-19)14-27-15-17-11-22(23(27)12-17)25-21-7-3-5-18-13-24-9-8-20(18)21/h2-10,13,17,22-23,25-26H,11-12,14-15H2,1H3. The molecule has 5 rings (SSSR count). The van der Waals surface area contributed by atoms with E-state index in [1.54, 1.807) is 6.07 Å². The van der Waals surface area contributed by atoms with Crippen molar-refractivity contribution in [1.29, 1.82) is 0 Å². The number of benzene rings is 2. The van der Waals surface area contributed by atoms with Gasteiger partial charge in [0.15, 0.2) is 0 Å². The number of anilines is 2. The second-order valence-corrected chi connectivity index (χ2v) is 10.3. The van der Waals surface area contributed by atoms with Crippen LogP contribution >= 0.6 is 0 Å². The van der Waals surface area contributed by atoms with Crippen molar-refractivity contribution in [2.24, 2.45) is 5.92 Å². The van der Waals surface area contributed by atoms with Crippen molar-refractivity contribution in [2.45, 2.75) is 31.5 Å². The third-order valence-electron chi connectivity index (χ3n) is 6.23. The Morgan fingerprint density at radius 1 is 1.13 bits per heavy atom. The molecule has 2 N–H and O–H groups in total. The van der Waals surface area contributed by atoms with E-state index in [9.17, 15) is 8.42 Å². The quantitative estimate of drug-likeness (QED) is 0.634. The predicted molar refractivity (Wildman–Crippen MR) is 121 cm³/mol. The van der Waals surface area contributed by atoms with E-state index in [-0.39, 0.29) is 0 Å². The summed E-state index contributed by atoms with van der Waals surface area (Å²) >= 11 is 0. The maximum atomic E-state index is 11.5. The molecule has 2 bridgehead atoms. The third-order valence-corrected chi connectivity index (χ3v) is 6.83. The van der Waals surface area contributed by atoms with Gasteiger partial charge in [0.1, 0.15) is 0 Å². The smallest absolute Gasteiger partial charge is 0.229 e. The van der Waals surface area contributed by atoms with Crippen LogP contribution in [0.25, 0.3) is 10.8 Å². The van der Waals surface area contributed by atoms with Crippen LogP contribution in [0.1, 0.15) is 18.4 Å². The summed E-state index contributed by atoms with van der Waals surface area (Å²) in [6.07, 6.45) is 7.34. The summed E-state index contributed by atoms with van der Waals surface area (Å²) in [5, 5.41) is 6.17. The SMILES string of the molecule is CS(=O)(=O)Nc1cccc(CN2CC3CC(Nc4cccc5cnccc45)C2C3)c1. The molecule has 1 aromatic heterocycles. The van der Waals surface area contributed by atoms with Gasteiger partial charge in [-0.3, -0.25) is 14.6 Å². The minimum Gasteiger partial charge on any atom is -0.380 e. The van der Waals surface area contributed by atoms with Gasteiger partial charge < -0.3 is 5.32 Å². The summed E-state index contributed by atoms with van der Waals surface area (Å²) in [5.41, 5.74) is 2.93. The Balaban J connectivity index is 1.32. The van der Waals surface area contributed by atoms with Gasteiger partial charge in [0.2, 0.25) is 10.0 Å². The molecule has 156 valence electrons. The van der Waals surface area contributed by atoms with Gasteiger partial charge in [0.25, 0.3) is 0 Å². The Kier molecular flexibility index (Phi) is 4.87. The molecule has 1 aliphatic heterocycles. The first kappa shape index (κ1) is 19.3. The van der Waals surface area contributed by atoms with E-state index in [1.165, 1.54) is 30.2 Å². The van der Waals surface area contributed by atoms with E-state index < -0.39 is 10.0 Å². The molecule has 1 aliphatic carbocycles. The zero-order chi connectivity index (χ0) is 20.7. The highest BCUT2D eigenvalue weighted by Crippen LogP contribution is 2.40. The topological polar surface area (TPSA) is 74.3 Å². The number of hydrogen-bond acceptors (Lipinski definition) is 5. The van der Waals surface area contributed by atoms with Crippen LogP contribution in [0.2, 0.25) is 0 Å². The Hall–Kier alpha value is -2.64. The van der Waals surface area contributed by atoms with Gasteiger partial charge in [-0.2, -0.15) is 0 Å². The average Bonchev–Trinajstić information content (AvgIpc) is 3.27. The van der Waals surface area contributed by atoms with Gasteiger partial charge in [-0.1, -0.05) is 24.3 Å². The van der Waals surface area contributed by atoms with Crippen LogP contribution in [-0.2, 0) is 16.6 Å². The summed E-state index contributed by atoms with van der Waals surface area (Å²) < 4.78 is 25.6. The van der Waals surface area contributed by atoms with Crippen molar-refractivity contribution < 1.29 is 8.42 Å². The second kappa shape index (κ2) is 7.56. The largest absolute Gasteiger partial charge is 0.380 e. The minimum absolute atomic E-state index is 0.417. The Labute approximate surface area is 177 Å². The third kappa shape index (κ3) is 4.00. The van der Waals surface area contributed by atoms with E-state index >= 15 is 0 Å². The number of hydrogen-bond donors (Lipinski definition) is 2. The molecule has 0 spiro atoms. The second-order valence-electron chi connectivity index (χ2n) is 8.56. The fourth-order valence-corrected chi connectivity index (χ4v) is 5.66. The van der Waals surface area contributed by atoms with Crippen LogP contribution in [0.5, 0.6) is 0 Å². The highest BCUT2D eigenvalue weighted by molar-refractivity contribution is 7.92. The molecule has 2 heterocycles. The van der Waals surface area contributed by atoms with Crippen molar-refractivity contribution in [2.75, 3.05) is 22.8 Å². The van der Waals surface area contributed by atoms with E-state index in [2.05, 4.69) is 50.3 Å². The Bertz CT molecular complexity index is 1180. The molecule has 6 nitrogen and oxygen atoms in total. The molecule has 0 amide bonds. The first-order valence-corrected chi connectivity index (χ1v) is 12.2. The molecule has 3 unspecified atom stereocenters. The Morgan fingerprint density at radius 2 is 2.00 bits per heavy atom. The lowest BCUT2D eigenvalue weighted by atomic mass is 10.0.